The molecule has 1 unspecified atom stereocenters. The number of ketones is 1. The van der Waals surface area contributed by atoms with Crippen molar-refractivity contribution in [1.29, 1.82) is 0 Å². The lowest BCUT2D eigenvalue weighted by molar-refractivity contribution is -0.139. The van der Waals surface area contributed by atoms with E-state index in [1.165, 1.54) is 19.1 Å². The number of benzene rings is 3. The first-order chi connectivity index (χ1) is 16.9. The van der Waals surface area contributed by atoms with E-state index in [-0.39, 0.29) is 17.9 Å². The Morgan fingerprint density at radius 1 is 0.886 bits per heavy atom. The van der Waals surface area contributed by atoms with Gasteiger partial charge in [0, 0.05) is 12.1 Å². The Bertz CT molecular complexity index is 1260. The Balaban J connectivity index is 1.77. The lowest BCUT2D eigenvalue weighted by atomic mass is 9.94. The van der Waals surface area contributed by atoms with Crippen LogP contribution in [0.25, 0.3) is 5.76 Å². The fourth-order valence-corrected chi connectivity index (χ4v) is 4.18. The molecule has 1 saturated heterocycles. The van der Waals surface area contributed by atoms with Gasteiger partial charge >= 0.3 is 5.97 Å². The standard InChI is InChI=1S/C28H25NO6/c1-34-22-14-12-20(13-15-22)25(30)23-24(19-8-10-21(11-9-19)28(33)35-2)29(27(32)26(23)31)17-16-18-6-4-3-5-7-18/h3-15,24,30H,16-17H2,1-2H3. The summed E-state index contributed by atoms with van der Waals surface area (Å²) in [6, 6.07) is 21.9. The predicted octanol–water partition coefficient (Wildman–Crippen LogP) is 4.15. The zero-order valence-electron chi connectivity index (χ0n) is 19.4. The van der Waals surface area contributed by atoms with Crippen molar-refractivity contribution in [1.82, 2.24) is 4.90 Å². The normalized spacial score (nSPS) is 16.9. The highest BCUT2D eigenvalue weighted by molar-refractivity contribution is 6.46. The number of carbonyl (C=O) groups is 3. The molecule has 1 N–H and O–H groups in total. The molecular weight excluding hydrogens is 446 g/mol. The molecule has 4 rings (SSSR count). The molecule has 1 amide bonds. The van der Waals surface area contributed by atoms with Crippen LogP contribution in [0.15, 0.2) is 84.4 Å². The maximum absolute atomic E-state index is 13.2. The monoisotopic (exact) mass is 471 g/mol. The third kappa shape index (κ3) is 4.80. The highest BCUT2D eigenvalue weighted by atomic mass is 16.5. The average molecular weight is 472 g/mol. The number of hydrogen-bond donors (Lipinski definition) is 1. The van der Waals surface area contributed by atoms with Gasteiger partial charge < -0.3 is 19.5 Å². The van der Waals surface area contributed by atoms with E-state index in [1.807, 2.05) is 30.3 Å². The number of carbonyl (C=O) groups excluding carboxylic acids is 3. The van der Waals surface area contributed by atoms with E-state index in [1.54, 1.807) is 48.5 Å². The first kappa shape index (κ1) is 23.8. The summed E-state index contributed by atoms with van der Waals surface area (Å²) in [5.74, 6) is -1.60. The van der Waals surface area contributed by atoms with E-state index >= 15 is 0 Å². The van der Waals surface area contributed by atoms with Gasteiger partial charge in [0.05, 0.1) is 31.4 Å². The Kier molecular flexibility index (Phi) is 6.96. The Morgan fingerprint density at radius 2 is 1.51 bits per heavy atom. The van der Waals surface area contributed by atoms with Crippen LogP contribution in [-0.2, 0) is 20.7 Å². The molecule has 0 saturated carbocycles. The van der Waals surface area contributed by atoms with Crippen molar-refractivity contribution >= 4 is 23.4 Å². The summed E-state index contributed by atoms with van der Waals surface area (Å²) in [7, 11) is 2.83. The minimum absolute atomic E-state index is 0.000883. The Hall–Kier alpha value is -4.39. The molecule has 0 aromatic heterocycles. The van der Waals surface area contributed by atoms with Crippen molar-refractivity contribution in [3.05, 3.63) is 107 Å². The van der Waals surface area contributed by atoms with Crippen LogP contribution in [0.3, 0.4) is 0 Å². The zero-order chi connectivity index (χ0) is 24.9. The van der Waals surface area contributed by atoms with Gasteiger partial charge in [-0.15, -0.1) is 0 Å². The molecule has 3 aromatic rings. The molecule has 1 heterocycles. The maximum Gasteiger partial charge on any atom is 0.337 e. The second-order valence-corrected chi connectivity index (χ2v) is 8.07. The summed E-state index contributed by atoms with van der Waals surface area (Å²) in [6.07, 6.45) is 0.535. The van der Waals surface area contributed by atoms with E-state index in [9.17, 15) is 19.5 Å². The van der Waals surface area contributed by atoms with E-state index < -0.39 is 23.7 Å². The van der Waals surface area contributed by atoms with Crippen LogP contribution in [0.5, 0.6) is 5.75 Å². The van der Waals surface area contributed by atoms with E-state index in [0.29, 0.717) is 28.9 Å². The molecule has 0 bridgehead atoms. The average Bonchev–Trinajstić information content (AvgIpc) is 3.16. The molecular formula is C28H25NO6. The fraction of sp³-hybridized carbons (Fsp3) is 0.179. The molecule has 7 nitrogen and oxygen atoms in total. The number of Topliss-reactive ketones (excluding diaryl/α,β-unsaturated/α-hetero) is 1. The third-order valence-corrected chi connectivity index (χ3v) is 6.04. The summed E-state index contributed by atoms with van der Waals surface area (Å²) in [6.45, 7) is 0.275. The van der Waals surface area contributed by atoms with Crippen molar-refractivity contribution in [2.45, 2.75) is 12.5 Å². The summed E-state index contributed by atoms with van der Waals surface area (Å²) in [4.78, 5) is 39.6. The largest absolute Gasteiger partial charge is 0.507 e. The van der Waals surface area contributed by atoms with Gasteiger partial charge in [-0.05, 0) is 53.9 Å². The van der Waals surface area contributed by atoms with Crippen LogP contribution in [0.4, 0.5) is 0 Å². The maximum atomic E-state index is 13.2. The summed E-state index contributed by atoms with van der Waals surface area (Å²) in [5.41, 5.74) is 2.35. The molecule has 1 aliphatic rings. The van der Waals surface area contributed by atoms with Crippen molar-refractivity contribution < 1.29 is 29.0 Å². The second kappa shape index (κ2) is 10.3. The minimum atomic E-state index is -0.812. The molecule has 1 aliphatic heterocycles. The van der Waals surface area contributed by atoms with Crippen LogP contribution < -0.4 is 4.74 Å². The van der Waals surface area contributed by atoms with Crippen LogP contribution >= 0.6 is 0 Å². The Labute approximate surface area is 203 Å². The van der Waals surface area contributed by atoms with E-state index in [2.05, 4.69) is 0 Å². The lowest BCUT2D eigenvalue weighted by Crippen LogP contribution is -2.31. The van der Waals surface area contributed by atoms with Gasteiger partial charge in [0.1, 0.15) is 11.5 Å². The number of rotatable bonds is 7. The molecule has 3 aromatic carbocycles. The van der Waals surface area contributed by atoms with Gasteiger partial charge in [0.15, 0.2) is 0 Å². The van der Waals surface area contributed by atoms with Crippen molar-refractivity contribution in [2.24, 2.45) is 0 Å². The summed E-state index contributed by atoms with van der Waals surface area (Å²) >= 11 is 0. The van der Waals surface area contributed by atoms with Crippen molar-refractivity contribution in [2.75, 3.05) is 20.8 Å². The van der Waals surface area contributed by atoms with Crippen LogP contribution in [-0.4, -0.2) is 48.4 Å². The zero-order valence-corrected chi connectivity index (χ0v) is 19.4. The van der Waals surface area contributed by atoms with E-state index in [0.717, 1.165) is 5.56 Å². The molecule has 0 radical (unpaired) electrons. The number of methoxy groups -OCH3 is 2. The predicted molar refractivity (Wildman–Crippen MR) is 130 cm³/mol. The van der Waals surface area contributed by atoms with Crippen molar-refractivity contribution in [3.8, 4) is 5.75 Å². The highest BCUT2D eigenvalue weighted by Crippen LogP contribution is 2.39. The molecule has 0 aliphatic carbocycles. The van der Waals surface area contributed by atoms with Gasteiger partial charge in [-0.25, -0.2) is 4.79 Å². The van der Waals surface area contributed by atoms with E-state index in [4.69, 9.17) is 9.47 Å². The molecule has 1 atom stereocenters. The smallest absolute Gasteiger partial charge is 0.337 e. The minimum Gasteiger partial charge on any atom is -0.507 e. The summed E-state index contributed by atoms with van der Waals surface area (Å²) < 4.78 is 9.93. The van der Waals surface area contributed by atoms with Crippen molar-refractivity contribution in [3.63, 3.8) is 0 Å². The fourth-order valence-electron chi connectivity index (χ4n) is 4.18. The molecule has 35 heavy (non-hydrogen) atoms. The molecule has 178 valence electrons. The number of nitrogens with zero attached hydrogens (tertiary/aromatic N) is 1. The molecule has 0 spiro atoms. The first-order valence-electron chi connectivity index (χ1n) is 11.1. The SMILES string of the molecule is COC(=O)c1ccc(C2C(=C(O)c3ccc(OC)cc3)C(=O)C(=O)N2CCc2ccccc2)cc1. The third-order valence-electron chi connectivity index (χ3n) is 6.04. The Morgan fingerprint density at radius 3 is 2.11 bits per heavy atom. The number of aliphatic hydroxyl groups excluding tert-OH is 1. The van der Waals surface area contributed by atoms with Crippen LogP contribution in [0, 0.1) is 0 Å². The van der Waals surface area contributed by atoms with Gasteiger partial charge in [0.2, 0.25) is 0 Å². The molecule has 7 heteroatoms. The number of ether oxygens (including phenoxy) is 2. The van der Waals surface area contributed by atoms with Gasteiger partial charge in [-0.2, -0.15) is 0 Å². The van der Waals surface area contributed by atoms with Gasteiger partial charge in [-0.1, -0.05) is 42.5 Å². The second-order valence-electron chi connectivity index (χ2n) is 8.07. The first-order valence-corrected chi connectivity index (χ1v) is 11.1. The van der Waals surface area contributed by atoms with Crippen LogP contribution in [0.2, 0.25) is 0 Å². The van der Waals surface area contributed by atoms with Crippen LogP contribution in [0.1, 0.15) is 33.1 Å². The topological polar surface area (TPSA) is 93.1 Å². The number of amides is 1. The van der Waals surface area contributed by atoms with Gasteiger partial charge in [0.25, 0.3) is 11.7 Å². The summed E-state index contributed by atoms with van der Waals surface area (Å²) in [5, 5.41) is 11.2. The number of aliphatic hydroxyl groups is 1. The lowest BCUT2D eigenvalue weighted by Gasteiger charge is -2.25. The number of likely N-dealkylation sites (tertiary alicyclic amines) is 1. The quantitative estimate of drug-likeness (QED) is 0.241. The number of hydrogen-bond acceptors (Lipinski definition) is 6. The highest BCUT2D eigenvalue weighted by Gasteiger charge is 2.45. The molecule has 1 fully saturated rings. The van der Waals surface area contributed by atoms with Gasteiger partial charge in [-0.3, -0.25) is 9.59 Å². The number of esters is 1.